The Morgan fingerprint density at radius 1 is 1.08 bits per heavy atom. The highest BCUT2D eigenvalue weighted by Gasteiger charge is 2.13. The summed E-state index contributed by atoms with van der Waals surface area (Å²) in [5.41, 5.74) is 2.25. The molecule has 0 radical (unpaired) electrons. The van der Waals surface area contributed by atoms with E-state index in [1.54, 1.807) is 7.11 Å². The van der Waals surface area contributed by atoms with E-state index >= 15 is 0 Å². The largest absolute Gasteiger partial charge is 0.491 e. The van der Waals surface area contributed by atoms with Crippen molar-refractivity contribution in [3.63, 3.8) is 0 Å². The van der Waals surface area contributed by atoms with Gasteiger partial charge in [0.25, 0.3) is 0 Å². The first-order chi connectivity index (χ1) is 12.1. The van der Waals surface area contributed by atoms with Gasteiger partial charge < -0.3 is 19.7 Å². The zero-order valence-corrected chi connectivity index (χ0v) is 15.2. The van der Waals surface area contributed by atoms with Gasteiger partial charge >= 0.3 is 0 Å². The summed E-state index contributed by atoms with van der Waals surface area (Å²) in [5.74, 6) is 0.638. The maximum Gasteiger partial charge on any atom is 0.123 e. The molecule has 0 heterocycles. The molecule has 0 aliphatic heterocycles. The Morgan fingerprint density at radius 2 is 1.84 bits per heavy atom. The predicted molar refractivity (Wildman–Crippen MR) is 98.3 cm³/mol. The van der Waals surface area contributed by atoms with Crippen LogP contribution in [0.25, 0.3) is 0 Å². The summed E-state index contributed by atoms with van der Waals surface area (Å²) >= 11 is 0. The number of nitrogens with zero attached hydrogens (tertiary/aromatic N) is 1. The molecule has 4 nitrogen and oxygen atoms in total. The molecular formula is C20H27FN2O2. The Labute approximate surface area is 149 Å². The Morgan fingerprint density at radius 3 is 2.52 bits per heavy atom. The van der Waals surface area contributed by atoms with Gasteiger partial charge in [0.2, 0.25) is 0 Å². The second-order valence-corrected chi connectivity index (χ2v) is 6.15. The molecule has 0 saturated carbocycles. The second kappa shape index (κ2) is 10.1. The van der Waals surface area contributed by atoms with E-state index in [2.05, 4.69) is 16.3 Å². The molecule has 1 N–H and O–H groups in total. The number of hydrogen-bond acceptors (Lipinski definition) is 4. The van der Waals surface area contributed by atoms with E-state index in [1.807, 2.05) is 44.4 Å². The van der Waals surface area contributed by atoms with Crippen molar-refractivity contribution in [3.05, 3.63) is 65.5 Å². The van der Waals surface area contributed by atoms with Crippen molar-refractivity contribution < 1.29 is 13.9 Å². The molecule has 25 heavy (non-hydrogen) atoms. The third-order valence-electron chi connectivity index (χ3n) is 4.00. The SMILES string of the molecule is COCCOc1cccc(CNCC(c2ccc(F)cc2)N(C)C)c1. The Bertz CT molecular complexity index is 632. The van der Waals surface area contributed by atoms with Crippen LogP contribution in [0, 0.1) is 5.82 Å². The van der Waals surface area contributed by atoms with Crippen LogP contribution in [0.15, 0.2) is 48.5 Å². The molecular weight excluding hydrogens is 319 g/mol. The topological polar surface area (TPSA) is 33.7 Å². The van der Waals surface area contributed by atoms with Gasteiger partial charge in [-0.2, -0.15) is 0 Å². The highest BCUT2D eigenvalue weighted by molar-refractivity contribution is 5.28. The van der Waals surface area contributed by atoms with Crippen LogP contribution in [0.1, 0.15) is 17.2 Å². The normalized spacial score (nSPS) is 12.4. The van der Waals surface area contributed by atoms with Gasteiger partial charge in [0.05, 0.1) is 6.61 Å². The van der Waals surface area contributed by atoms with Crippen molar-refractivity contribution in [1.29, 1.82) is 0 Å². The summed E-state index contributed by atoms with van der Waals surface area (Å²) < 4.78 is 23.8. The summed E-state index contributed by atoms with van der Waals surface area (Å²) in [6.07, 6.45) is 0. The quantitative estimate of drug-likeness (QED) is 0.670. The molecule has 2 aromatic carbocycles. The summed E-state index contributed by atoms with van der Waals surface area (Å²) in [6, 6.07) is 14.9. The van der Waals surface area contributed by atoms with Gasteiger partial charge in [0, 0.05) is 26.2 Å². The molecule has 2 rings (SSSR count). The lowest BCUT2D eigenvalue weighted by Crippen LogP contribution is -2.30. The zero-order chi connectivity index (χ0) is 18.1. The first-order valence-corrected chi connectivity index (χ1v) is 8.43. The molecule has 0 aromatic heterocycles. The van der Waals surface area contributed by atoms with Crippen molar-refractivity contribution in [2.24, 2.45) is 0 Å². The maximum atomic E-state index is 13.1. The fourth-order valence-electron chi connectivity index (χ4n) is 2.62. The summed E-state index contributed by atoms with van der Waals surface area (Å²) in [6.45, 7) is 2.63. The molecule has 2 aromatic rings. The minimum atomic E-state index is -0.209. The molecule has 0 bridgehead atoms. The lowest BCUT2D eigenvalue weighted by atomic mass is 10.1. The molecule has 1 atom stereocenters. The van der Waals surface area contributed by atoms with Gasteiger partial charge in [0.1, 0.15) is 18.2 Å². The van der Waals surface area contributed by atoms with Gasteiger partial charge in [-0.15, -0.1) is 0 Å². The molecule has 0 fully saturated rings. The first kappa shape index (κ1) is 19.4. The molecule has 136 valence electrons. The first-order valence-electron chi connectivity index (χ1n) is 8.43. The van der Waals surface area contributed by atoms with E-state index in [9.17, 15) is 4.39 Å². The minimum absolute atomic E-state index is 0.182. The smallest absolute Gasteiger partial charge is 0.123 e. The van der Waals surface area contributed by atoms with Gasteiger partial charge in [0.15, 0.2) is 0 Å². The van der Waals surface area contributed by atoms with Crippen LogP contribution in [0.3, 0.4) is 0 Å². The van der Waals surface area contributed by atoms with Crippen molar-refractivity contribution in [3.8, 4) is 5.75 Å². The Kier molecular flexibility index (Phi) is 7.85. The average Bonchev–Trinajstić information content (AvgIpc) is 2.60. The van der Waals surface area contributed by atoms with Gasteiger partial charge in [-0.1, -0.05) is 24.3 Å². The fourth-order valence-corrected chi connectivity index (χ4v) is 2.62. The zero-order valence-electron chi connectivity index (χ0n) is 15.2. The van der Waals surface area contributed by atoms with E-state index in [0.29, 0.717) is 13.2 Å². The summed E-state index contributed by atoms with van der Waals surface area (Å²) in [5, 5.41) is 3.48. The monoisotopic (exact) mass is 346 g/mol. The summed E-state index contributed by atoms with van der Waals surface area (Å²) in [4.78, 5) is 2.13. The number of methoxy groups -OCH3 is 1. The second-order valence-electron chi connectivity index (χ2n) is 6.15. The highest BCUT2D eigenvalue weighted by Crippen LogP contribution is 2.18. The molecule has 1 unspecified atom stereocenters. The van der Waals surface area contributed by atoms with Crippen molar-refractivity contribution in [2.75, 3.05) is 41.0 Å². The van der Waals surface area contributed by atoms with E-state index in [1.165, 1.54) is 12.1 Å². The number of hydrogen-bond donors (Lipinski definition) is 1. The standard InChI is InChI=1S/C20H27FN2O2/c1-23(2)20(17-7-9-18(21)10-8-17)15-22-14-16-5-4-6-19(13-16)25-12-11-24-3/h4-10,13,20,22H,11-12,14-15H2,1-3H3. The van der Waals surface area contributed by atoms with Crippen LogP contribution < -0.4 is 10.1 Å². The average molecular weight is 346 g/mol. The molecule has 0 aliphatic rings. The molecule has 0 saturated heterocycles. The van der Waals surface area contributed by atoms with E-state index in [-0.39, 0.29) is 11.9 Å². The van der Waals surface area contributed by atoms with Crippen LogP contribution in [-0.4, -0.2) is 45.9 Å². The van der Waals surface area contributed by atoms with Crippen LogP contribution >= 0.6 is 0 Å². The van der Waals surface area contributed by atoms with Crippen LogP contribution in [0.4, 0.5) is 4.39 Å². The summed E-state index contributed by atoms with van der Waals surface area (Å²) in [7, 11) is 5.71. The van der Waals surface area contributed by atoms with Gasteiger partial charge in [-0.3, -0.25) is 0 Å². The molecule has 0 spiro atoms. The van der Waals surface area contributed by atoms with Crippen LogP contribution in [0.2, 0.25) is 0 Å². The number of halogens is 1. The molecule has 0 amide bonds. The minimum Gasteiger partial charge on any atom is -0.491 e. The Balaban J connectivity index is 1.89. The molecule has 0 aliphatic carbocycles. The van der Waals surface area contributed by atoms with Crippen molar-refractivity contribution >= 4 is 0 Å². The number of ether oxygens (including phenoxy) is 2. The van der Waals surface area contributed by atoms with Gasteiger partial charge in [-0.05, 0) is 49.5 Å². The number of rotatable bonds is 10. The van der Waals surface area contributed by atoms with E-state index < -0.39 is 0 Å². The van der Waals surface area contributed by atoms with Gasteiger partial charge in [-0.25, -0.2) is 4.39 Å². The number of benzene rings is 2. The number of likely N-dealkylation sites (N-methyl/N-ethyl adjacent to an activating group) is 1. The van der Waals surface area contributed by atoms with Crippen LogP contribution in [0.5, 0.6) is 5.75 Å². The predicted octanol–water partition coefficient (Wildman–Crippen LogP) is 3.24. The van der Waals surface area contributed by atoms with E-state index in [4.69, 9.17) is 9.47 Å². The highest BCUT2D eigenvalue weighted by atomic mass is 19.1. The van der Waals surface area contributed by atoms with Crippen molar-refractivity contribution in [1.82, 2.24) is 10.2 Å². The third kappa shape index (κ3) is 6.46. The Hall–Kier alpha value is -1.95. The maximum absolute atomic E-state index is 13.1. The van der Waals surface area contributed by atoms with E-state index in [0.717, 1.165) is 30.0 Å². The van der Waals surface area contributed by atoms with Crippen molar-refractivity contribution in [2.45, 2.75) is 12.6 Å². The third-order valence-corrected chi connectivity index (χ3v) is 4.00. The lowest BCUT2D eigenvalue weighted by Gasteiger charge is -2.25. The number of nitrogens with one attached hydrogen (secondary N) is 1. The molecule has 5 heteroatoms. The lowest BCUT2D eigenvalue weighted by molar-refractivity contribution is 0.146. The van der Waals surface area contributed by atoms with Crippen LogP contribution in [-0.2, 0) is 11.3 Å². The fraction of sp³-hybridized carbons (Fsp3) is 0.400.